The van der Waals surface area contributed by atoms with E-state index in [2.05, 4.69) is 13.2 Å². The van der Waals surface area contributed by atoms with Crippen molar-refractivity contribution in [1.82, 2.24) is 9.80 Å². The highest BCUT2D eigenvalue weighted by Gasteiger charge is 2.32. The minimum Gasteiger partial charge on any atom is -0.338 e. The van der Waals surface area contributed by atoms with Crippen molar-refractivity contribution in [3.05, 3.63) is 83.6 Å². The van der Waals surface area contributed by atoms with Crippen LogP contribution < -0.4 is 0 Å². The average molecular weight is 371 g/mol. The fraction of sp³-hybridized carbons (Fsp3) is 0.238. The Morgan fingerprint density at radius 3 is 2.58 bits per heavy atom. The molecule has 136 valence electrons. The molecule has 0 N–H and O–H groups in total. The first-order chi connectivity index (χ1) is 12.4. The summed E-state index contributed by atoms with van der Waals surface area (Å²) in [5.74, 6) is -0.440. The van der Waals surface area contributed by atoms with Crippen LogP contribution in [0.2, 0.25) is 5.02 Å². The van der Waals surface area contributed by atoms with Gasteiger partial charge in [-0.2, -0.15) is 0 Å². The standard InChI is InChI=1S/C21H23ClN2O2/c1-5-7-15(6-2)13-24(4)21(26)19-14-23(3)20(25)12-18(19)16-8-10-17(22)11-9-16/h5-11,14,18H,1-2,12-13H2,3-4H3/b15-7+. The molecule has 0 saturated heterocycles. The van der Waals surface area contributed by atoms with Gasteiger partial charge in [0.05, 0.1) is 0 Å². The summed E-state index contributed by atoms with van der Waals surface area (Å²) in [6, 6.07) is 7.27. The van der Waals surface area contributed by atoms with E-state index in [1.807, 2.05) is 18.2 Å². The number of nitrogens with zero attached hydrogens (tertiary/aromatic N) is 2. The number of rotatable bonds is 6. The molecular formula is C21H23ClN2O2. The van der Waals surface area contributed by atoms with Crippen molar-refractivity contribution in [1.29, 1.82) is 0 Å². The molecule has 0 bridgehead atoms. The van der Waals surface area contributed by atoms with Gasteiger partial charge in [-0.05, 0) is 23.3 Å². The Morgan fingerprint density at radius 1 is 1.35 bits per heavy atom. The van der Waals surface area contributed by atoms with Crippen LogP contribution in [-0.4, -0.2) is 42.3 Å². The molecule has 0 aliphatic carbocycles. The minimum atomic E-state index is -0.290. The van der Waals surface area contributed by atoms with Crippen LogP contribution in [0.25, 0.3) is 0 Å². The molecular weight excluding hydrogens is 348 g/mol. The van der Waals surface area contributed by atoms with Gasteiger partial charge in [-0.1, -0.05) is 55.1 Å². The fourth-order valence-corrected chi connectivity index (χ4v) is 3.02. The molecule has 2 rings (SSSR count). The predicted molar refractivity (Wildman–Crippen MR) is 106 cm³/mol. The topological polar surface area (TPSA) is 40.6 Å². The molecule has 1 atom stereocenters. The number of hydrogen-bond donors (Lipinski definition) is 0. The van der Waals surface area contributed by atoms with Gasteiger partial charge in [-0.15, -0.1) is 0 Å². The normalized spacial score (nSPS) is 17.6. The van der Waals surface area contributed by atoms with Gasteiger partial charge < -0.3 is 9.80 Å². The molecule has 1 aromatic rings. The number of carbonyl (C=O) groups excluding carboxylic acids is 2. The summed E-state index contributed by atoms with van der Waals surface area (Å²) in [7, 11) is 3.40. The zero-order chi connectivity index (χ0) is 19.3. The van der Waals surface area contributed by atoms with Crippen molar-refractivity contribution >= 4 is 23.4 Å². The number of amides is 2. The van der Waals surface area contributed by atoms with Crippen molar-refractivity contribution in [2.75, 3.05) is 20.6 Å². The van der Waals surface area contributed by atoms with E-state index in [0.29, 0.717) is 17.1 Å². The molecule has 0 aromatic heterocycles. The number of allylic oxidation sites excluding steroid dienone is 2. The molecule has 0 saturated carbocycles. The van der Waals surface area contributed by atoms with E-state index >= 15 is 0 Å². The lowest BCUT2D eigenvalue weighted by molar-refractivity contribution is -0.130. The minimum absolute atomic E-state index is 0.0255. The quantitative estimate of drug-likeness (QED) is 0.712. The second kappa shape index (κ2) is 8.68. The second-order valence-electron chi connectivity index (χ2n) is 6.24. The highest BCUT2D eigenvalue weighted by Crippen LogP contribution is 2.34. The molecule has 1 unspecified atom stereocenters. The summed E-state index contributed by atoms with van der Waals surface area (Å²) in [6.07, 6.45) is 7.07. The van der Waals surface area contributed by atoms with Crippen LogP contribution in [0.3, 0.4) is 0 Å². The van der Waals surface area contributed by atoms with E-state index in [0.717, 1.165) is 11.1 Å². The van der Waals surface area contributed by atoms with Gasteiger partial charge in [0.25, 0.3) is 5.91 Å². The third kappa shape index (κ3) is 4.52. The van der Waals surface area contributed by atoms with Gasteiger partial charge in [0.15, 0.2) is 0 Å². The predicted octanol–water partition coefficient (Wildman–Crippen LogP) is 3.93. The highest BCUT2D eigenvalue weighted by atomic mass is 35.5. The molecule has 2 amide bonds. The maximum absolute atomic E-state index is 13.1. The van der Waals surface area contributed by atoms with Gasteiger partial charge >= 0.3 is 0 Å². The Hall–Kier alpha value is -2.59. The molecule has 4 nitrogen and oxygen atoms in total. The van der Waals surface area contributed by atoms with Gasteiger partial charge in [-0.25, -0.2) is 0 Å². The number of halogens is 1. The van der Waals surface area contributed by atoms with Crippen LogP contribution in [0, 0.1) is 0 Å². The summed E-state index contributed by atoms with van der Waals surface area (Å²) in [6.45, 7) is 7.85. The van der Waals surface area contributed by atoms with E-state index in [1.54, 1.807) is 49.5 Å². The fourth-order valence-electron chi connectivity index (χ4n) is 2.90. The molecule has 1 aliphatic rings. The van der Waals surface area contributed by atoms with E-state index in [-0.39, 0.29) is 24.2 Å². The molecule has 0 spiro atoms. The Bertz CT molecular complexity index is 778. The average Bonchev–Trinajstić information content (AvgIpc) is 2.63. The second-order valence-corrected chi connectivity index (χ2v) is 6.68. The molecule has 1 heterocycles. The molecule has 0 fully saturated rings. The maximum atomic E-state index is 13.1. The van der Waals surface area contributed by atoms with Crippen LogP contribution in [-0.2, 0) is 9.59 Å². The van der Waals surface area contributed by atoms with Crippen molar-refractivity contribution in [2.45, 2.75) is 12.3 Å². The summed E-state index contributed by atoms with van der Waals surface area (Å²) in [5.41, 5.74) is 2.37. The highest BCUT2D eigenvalue weighted by molar-refractivity contribution is 6.30. The van der Waals surface area contributed by atoms with Crippen molar-refractivity contribution in [2.24, 2.45) is 0 Å². The largest absolute Gasteiger partial charge is 0.338 e. The maximum Gasteiger partial charge on any atom is 0.251 e. The zero-order valence-corrected chi connectivity index (χ0v) is 15.9. The first-order valence-corrected chi connectivity index (χ1v) is 8.67. The van der Waals surface area contributed by atoms with E-state index in [1.165, 1.54) is 4.90 Å². The first-order valence-electron chi connectivity index (χ1n) is 8.29. The molecule has 1 aromatic carbocycles. The van der Waals surface area contributed by atoms with Gasteiger partial charge in [-0.3, -0.25) is 9.59 Å². The summed E-state index contributed by atoms with van der Waals surface area (Å²) in [4.78, 5) is 28.3. The number of carbonyl (C=O) groups is 2. The van der Waals surface area contributed by atoms with Crippen molar-refractivity contribution in [3.8, 4) is 0 Å². The number of benzene rings is 1. The van der Waals surface area contributed by atoms with E-state index in [9.17, 15) is 9.59 Å². The van der Waals surface area contributed by atoms with Crippen molar-refractivity contribution in [3.63, 3.8) is 0 Å². The summed E-state index contributed by atoms with van der Waals surface area (Å²) >= 11 is 5.97. The third-order valence-electron chi connectivity index (χ3n) is 4.36. The Balaban J connectivity index is 2.33. The van der Waals surface area contributed by atoms with Crippen LogP contribution in [0.5, 0.6) is 0 Å². The van der Waals surface area contributed by atoms with Gasteiger partial charge in [0.2, 0.25) is 5.91 Å². The lowest BCUT2D eigenvalue weighted by Crippen LogP contribution is -2.37. The monoisotopic (exact) mass is 370 g/mol. The lowest BCUT2D eigenvalue weighted by Gasteiger charge is -2.31. The van der Waals surface area contributed by atoms with Crippen molar-refractivity contribution < 1.29 is 9.59 Å². The Morgan fingerprint density at radius 2 is 2.00 bits per heavy atom. The summed E-state index contributed by atoms with van der Waals surface area (Å²) < 4.78 is 0. The van der Waals surface area contributed by atoms with Crippen LogP contribution in [0.4, 0.5) is 0 Å². The SMILES string of the molecule is C=C/C=C(\C=C)CN(C)C(=O)C1=CN(C)C(=O)CC1c1ccc(Cl)cc1. The first kappa shape index (κ1) is 19.7. The lowest BCUT2D eigenvalue weighted by atomic mass is 9.85. The van der Waals surface area contributed by atoms with Crippen LogP contribution in [0.15, 0.2) is 73.0 Å². The number of likely N-dealkylation sites (N-methyl/N-ethyl adjacent to an activating group) is 1. The molecule has 1 aliphatic heterocycles. The molecule has 26 heavy (non-hydrogen) atoms. The zero-order valence-electron chi connectivity index (χ0n) is 15.1. The molecule has 0 radical (unpaired) electrons. The van der Waals surface area contributed by atoms with Crippen LogP contribution in [0.1, 0.15) is 17.9 Å². The molecule has 5 heteroatoms. The Kier molecular flexibility index (Phi) is 6.58. The van der Waals surface area contributed by atoms with Gasteiger partial charge in [0, 0.05) is 49.8 Å². The third-order valence-corrected chi connectivity index (χ3v) is 4.61. The Labute approximate surface area is 159 Å². The van der Waals surface area contributed by atoms with E-state index in [4.69, 9.17) is 11.6 Å². The smallest absolute Gasteiger partial charge is 0.251 e. The van der Waals surface area contributed by atoms with E-state index < -0.39 is 0 Å². The van der Waals surface area contributed by atoms with Crippen LogP contribution >= 0.6 is 11.6 Å². The summed E-state index contributed by atoms with van der Waals surface area (Å²) in [5, 5.41) is 0.618. The number of hydrogen-bond acceptors (Lipinski definition) is 2. The van der Waals surface area contributed by atoms with Gasteiger partial charge in [0.1, 0.15) is 0 Å².